The van der Waals surface area contributed by atoms with Gasteiger partial charge in [-0.25, -0.2) is 0 Å². The second-order valence-corrected chi connectivity index (χ2v) is 15.8. The zero-order valence-corrected chi connectivity index (χ0v) is 34.8. The number of hydrogen-bond donors (Lipinski definition) is 11. The minimum atomic E-state index is -1.79. The van der Waals surface area contributed by atoms with Crippen LogP contribution in [-0.2, 0) is 49.6 Å². The number of amides is 6. The van der Waals surface area contributed by atoms with Gasteiger partial charge in [-0.15, -0.1) is 0 Å². The first-order chi connectivity index (χ1) is 27.9. The lowest BCUT2D eigenvalue weighted by Crippen LogP contribution is -2.62. The molecule has 0 saturated carbocycles. The van der Waals surface area contributed by atoms with Crippen LogP contribution in [-0.4, -0.2) is 116 Å². The third kappa shape index (κ3) is 20.7. The second kappa shape index (κ2) is 25.6. The molecule has 1 aromatic carbocycles. The highest BCUT2D eigenvalue weighted by Gasteiger charge is 2.38. The average molecular weight is 847 g/mol. The molecule has 0 aliphatic carbocycles. The van der Waals surface area contributed by atoms with Crippen molar-refractivity contribution in [1.82, 2.24) is 31.9 Å². The van der Waals surface area contributed by atoms with Gasteiger partial charge < -0.3 is 57.3 Å². The number of carboxylic acid groups (broad SMARTS) is 3. The van der Waals surface area contributed by atoms with Gasteiger partial charge in [-0.05, 0) is 61.2 Å². The number of benzene rings is 1. The van der Waals surface area contributed by atoms with Crippen molar-refractivity contribution in [3.63, 3.8) is 0 Å². The fourth-order valence-corrected chi connectivity index (χ4v) is 5.67. The lowest BCUT2D eigenvalue weighted by Gasteiger charge is -2.33. The monoisotopic (exact) mass is 846 g/mol. The smallest absolute Gasteiger partial charge is 0.451 e. The van der Waals surface area contributed by atoms with Crippen LogP contribution in [0, 0.1) is 18.3 Å². The summed E-state index contributed by atoms with van der Waals surface area (Å²) in [5.41, 5.74) is 0.346. The first-order valence-electron chi connectivity index (χ1n) is 19.4. The Morgan fingerprint density at radius 1 is 0.683 bits per heavy atom. The summed E-state index contributed by atoms with van der Waals surface area (Å²) in [7, 11) is -1.52. The molecule has 21 heteroatoms. The molecule has 0 aliphatic rings. The van der Waals surface area contributed by atoms with E-state index < -0.39 is 128 Å². The molecule has 6 amide bonds. The zero-order chi connectivity index (χ0) is 45.7. The molecular formula is C39H59BN6O14. The maximum Gasteiger partial charge on any atom is 0.451 e. The highest BCUT2D eigenvalue weighted by molar-refractivity contribution is 6.40. The molecule has 0 unspecified atom stereocenters. The van der Waals surface area contributed by atoms with Gasteiger partial charge in [-0.3, -0.25) is 43.2 Å². The van der Waals surface area contributed by atoms with Crippen molar-refractivity contribution in [3.05, 3.63) is 47.7 Å². The number of rotatable bonds is 26. The van der Waals surface area contributed by atoms with Crippen LogP contribution in [0.1, 0.15) is 90.7 Å². The van der Waals surface area contributed by atoms with Crippen LogP contribution in [0.5, 0.6) is 0 Å². The van der Waals surface area contributed by atoms with Gasteiger partial charge in [0.1, 0.15) is 30.2 Å². The van der Waals surface area contributed by atoms with Gasteiger partial charge in [-0.1, -0.05) is 65.0 Å². The van der Waals surface area contributed by atoms with Gasteiger partial charge in [0.05, 0.1) is 12.8 Å². The van der Waals surface area contributed by atoms with Crippen LogP contribution < -0.4 is 31.9 Å². The van der Waals surface area contributed by atoms with E-state index in [-0.39, 0.29) is 31.5 Å². The Morgan fingerprint density at radius 2 is 1.25 bits per heavy atom. The topological polar surface area (TPSA) is 327 Å². The molecule has 5 atom stereocenters. The van der Waals surface area contributed by atoms with E-state index in [1.807, 2.05) is 13.8 Å². The van der Waals surface area contributed by atoms with Crippen molar-refractivity contribution >= 4 is 60.5 Å². The van der Waals surface area contributed by atoms with E-state index in [2.05, 4.69) is 31.9 Å². The minimum Gasteiger partial charge on any atom is -0.481 e. The van der Waals surface area contributed by atoms with Gasteiger partial charge in [0, 0.05) is 19.3 Å². The number of hydrogen-bond acceptors (Lipinski definition) is 11. The summed E-state index contributed by atoms with van der Waals surface area (Å²) < 4.78 is 0. The number of aliphatic carboxylic acids is 3. The lowest BCUT2D eigenvalue weighted by molar-refractivity contribution is -0.142. The summed E-state index contributed by atoms with van der Waals surface area (Å²) in [6.45, 7) is 10.4. The van der Waals surface area contributed by atoms with Crippen LogP contribution in [0.2, 0.25) is 6.32 Å². The van der Waals surface area contributed by atoms with Crippen molar-refractivity contribution in [2.75, 3.05) is 0 Å². The van der Waals surface area contributed by atoms with E-state index in [0.717, 1.165) is 5.56 Å². The van der Waals surface area contributed by atoms with E-state index in [0.29, 0.717) is 5.56 Å². The SMILES string of the molecule is Cc1ccccc1C[C@H](NC(=O)[C@H](CCC(=O)O)NC(=O)[C@H](CC(=O)O)NC(=O)CCC(=O)O)C(=O)N[C@H](C(=O)N[C@@H](CC(C)C)C(=O)NC=CCCB(O)O)C(C)(C)C. The Balaban J connectivity index is 3.50. The maximum atomic E-state index is 14.2. The highest BCUT2D eigenvalue weighted by Crippen LogP contribution is 2.21. The van der Waals surface area contributed by atoms with Gasteiger partial charge in [-0.2, -0.15) is 0 Å². The quantitative estimate of drug-likeness (QED) is 0.0536. The van der Waals surface area contributed by atoms with Gasteiger partial charge >= 0.3 is 25.0 Å². The Kier molecular flexibility index (Phi) is 22.3. The van der Waals surface area contributed by atoms with Gasteiger partial charge in [0.15, 0.2) is 0 Å². The van der Waals surface area contributed by atoms with E-state index in [4.69, 9.17) is 15.2 Å². The van der Waals surface area contributed by atoms with E-state index >= 15 is 0 Å². The molecule has 0 fully saturated rings. The minimum absolute atomic E-state index is 0.0406. The lowest BCUT2D eigenvalue weighted by atomic mass is 9.85. The third-order valence-corrected chi connectivity index (χ3v) is 8.88. The van der Waals surface area contributed by atoms with Crippen LogP contribution in [0.3, 0.4) is 0 Å². The van der Waals surface area contributed by atoms with Crippen LogP contribution >= 0.6 is 0 Å². The number of aryl methyl sites for hydroxylation is 1. The molecule has 0 saturated heterocycles. The largest absolute Gasteiger partial charge is 0.481 e. The number of carbonyl (C=O) groups excluding carboxylic acids is 6. The van der Waals surface area contributed by atoms with E-state index in [1.165, 1.54) is 12.3 Å². The number of carbonyl (C=O) groups is 9. The summed E-state index contributed by atoms with van der Waals surface area (Å²) in [5.74, 6) is -9.67. The standard InChI is InChI=1S/C39H59BN6O14/c1-22(2)19-26(34(54)41-18-10-9-17-40(59)60)45-38(58)33(39(4,5)6)46-37(57)27(20-24-12-8-7-11-23(24)3)44-35(55)25(13-15-30(48)49)43-36(56)28(21-32(52)53)42-29(47)14-16-31(50)51/h7-8,10-12,18,22,25-28,33,59-60H,9,13-17,19-21H2,1-6H3,(H,41,54)(H,42,47)(H,43,56)(H,44,55)(H,45,58)(H,46,57)(H,48,49)(H,50,51)(H,52,53)/t25-,26-,27-,28-,33+/m0/s1. The Morgan fingerprint density at radius 3 is 1.80 bits per heavy atom. The Hall–Kier alpha value is -5.83. The average Bonchev–Trinajstić information content (AvgIpc) is 3.13. The molecule has 0 radical (unpaired) electrons. The van der Waals surface area contributed by atoms with Crippen molar-refractivity contribution in [2.45, 2.75) is 129 Å². The Labute approximate surface area is 348 Å². The molecule has 0 aromatic heterocycles. The van der Waals surface area contributed by atoms with Gasteiger partial charge in [0.25, 0.3) is 0 Å². The normalized spacial score (nSPS) is 13.8. The van der Waals surface area contributed by atoms with Crippen molar-refractivity contribution in [1.29, 1.82) is 0 Å². The van der Waals surface area contributed by atoms with Crippen LogP contribution in [0.25, 0.3) is 0 Å². The zero-order valence-electron chi connectivity index (χ0n) is 34.8. The van der Waals surface area contributed by atoms with Crippen LogP contribution in [0.4, 0.5) is 0 Å². The molecule has 0 spiro atoms. The first-order valence-corrected chi connectivity index (χ1v) is 19.4. The summed E-state index contributed by atoms with van der Waals surface area (Å²) in [6.07, 6.45) is -0.200. The fraction of sp³-hybridized carbons (Fsp3) is 0.564. The molecule has 1 rings (SSSR count). The Bertz CT molecular complexity index is 1710. The fourth-order valence-electron chi connectivity index (χ4n) is 5.67. The van der Waals surface area contributed by atoms with Crippen LogP contribution in [0.15, 0.2) is 36.5 Å². The molecular weight excluding hydrogens is 787 g/mol. The highest BCUT2D eigenvalue weighted by atomic mass is 16.4. The molecule has 0 bridgehead atoms. The summed E-state index contributed by atoms with van der Waals surface area (Å²) in [5, 5.41) is 60.6. The molecule has 0 heterocycles. The van der Waals surface area contributed by atoms with E-state index in [9.17, 15) is 53.4 Å². The molecule has 332 valence electrons. The summed E-state index contributed by atoms with van der Waals surface area (Å²) in [4.78, 5) is 115. The molecule has 60 heavy (non-hydrogen) atoms. The van der Waals surface area contributed by atoms with Crippen molar-refractivity contribution in [2.24, 2.45) is 11.3 Å². The summed E-state index contributed by atoms with van der Waals surface area (Å²) in [6, 6.07) is -0.398. The molecule has 20 nitrogen and oxygen atoms in total. The van der Waals surface area contributed by atoms with Gasteiger partial charge in [0.2, 0.25) is 35.4 Å². The molecule has 1 aromatic rings. The maximum absolute atomic E-state index is 14.2. The molecule has 11 N–H and O–H groups in total. The molecule has 0 aliphatic heterocycles. The second-order valence-electron chi connectivity index (χ2n) is 15.8. The number of nitrogens with one attached hydrogen (secondary N) is 6. The summed E-state index contributed by atoms with van der Waals surface area (Å²) >= 11 is 0. The van der Waals surface area contributed by atoms with Crippen molar-refractivity contribution in [3.8, 4) is 0 Å². The van der Waals surface area contributed by atoms with E-state index in [1.54, 1.807) is 52.0 Å². The number of allylic oxidation sites excluding steroid dienone is 1. The predicted octanol–water partition coefficient (Wildman–Crippen LogP) is -0.249. The third-order valence-electron chi connectivity index (χ3n) is 8.88. The first kappa shape index (κ1) is 52.2. The predicted molar refractivity (Wildman–Crippen MR) is 216 cm³/mol. The number of carboxylic acids is 3. The van der Waals surface area contributed by atoms with Crippen molar-refractivity contribution < 1.29 is 68.5 Å².